The Hall–Kier alpha value is -6.28. The number of benzene rings is 2. The lowest BCUT2D eigenvalue weighted by Crippen LogP contribution is -2.62. The van der Waals surface area contributed by atoms with E-state index in [0.29, 0.717) is 50.0 Å². The highest BCUT2D eigenvalue weighted by Gasteiger charge is 2.48. The third kappa shape index (κ3) is 9.63. The number of likely N-dealkylation sites (tertiary alicyclic amines) is 1. The normalized spacial score (nSPS) is 22.5. The van der Waals surface area contributed by atoms with E-state index in [2.05, 4.69) is 71.0 Å². The number of phenolic OH excluding ortho intramolecular Hbond substituents is 1. The fourth-order valence-corrected chi connectivity index (χ4v) is 11.3. The number of carbonyl (C=O) groups excluding carboxylic acids is 5. The zero-order valence-electron chi connectivity index (χ0n) is 42.2. The molecule has 3 N–H and O–H groups in total. The summed E-state index contributed by atoms with van der Waals surface area (Å²) in [5.74, 6) is 1.80. The summed E-state index contributed by atoms with van der Waals surface area (Å²) in [6, 6.07) is 10.7. The third-order valence-electron chi connectivity index (χ3n) is 14.5. The Morgan fingerprint density at radius 2 is 1.83 bits per heavy atom. The minimum Gasteiger partial charge on any atom is -0.508 e. The van der Waals surface area contributed by atoms with Gasteiger partial charge in [0, 0.05) is 87.3 Å². The standard InChI is InChI=1S/C54H68N8O8/c1-11-14-43(64)60-20-18-35(29-60)51(66)59(9)47(31(3)4)50(65)56-41-24-32-21-36(25-37(63)22-32)34-16-17-42-38(26-34)44-45(54(5,6)30-70-53(68)40-15-13-19-62(57-40)52(41)67)49(69-10)46-39(48(44)61(42)12-2)23-33(27-55-46)28-58(7)8/h16-17,21-23,25-27,31,35,40-41,45,47,49,57,63H,12-13,15,18-20,24,28-30H2,1-10H3,(H,56,65)/t35-,40-,41?,45?,47-,49-/m0/s1. The van der Waals surface area contributed by atoms with Gasteiger partial charge in [-0.2, -0.15) is 0 Å². The second-order valence-electron chi connectivity index (χ2n) is 20.7. The van der Waals surface area contributed by atoms with Gasteiger partial charge in [-0.3, -0.25) is 34.0 Å². The zero-order valence-corrected chi connectivity index (χ0v) is 42.2. The molecule has 2 saturated heterocycles. The van der Waals surface area contributed by atoms with E-state index in [1.54, 1.807) is 38.1 Å². The lowest BCUT2D eigenvalue weighted by atomic mass is 9.67. The molecule has 372 valence electrons. The number of hydrogen-bond acceptors (Lipinski definition) is 11. The first kappa shape index (κ1) is 50.1. The molecule has 4 aliphatic rings. The number of aromatic nitrogens is 2. The van der Waals surface area contributed by atoms with Gasteiger partial charge in [0.2, 0.25) is 11.8 Å². The summed E-state index contributed by atoms with van der Waals surface area (Å²) in [7, 11) is 7.35. The quantitative estimate of drug-likeness (QED) is 0.145. The lowest BCUT2D eigenvalue weighted by Gasteiger charge is -2.42. The van der Waals surface area contributed by atoms with Gasteiger partial charge in [-0.25, -0.2) is 5.43 Å². The number of hydrogen-bond donors (Lipinski definition) is 3. The van der Waals surface area contributed by atoms with Crippen LogP contribution in [0.25, 0.3) is 33.3 Å². The largest absolute Gasteiger partial charge is 0.508 e. The van der Waals surface area contributed by atoms with Crippen LogP contribution >= 0.6 is 0 Å². The van der Waals surface area contributed by atoms with Crippen molar-refractivity contribution in [3.8, 4) is 40.0 Å². The smallest absolute Gasteiger partial charge is 0.324 e. The van der Waals surface area contributed by atoms with Crippen LogP contribution in [-0.2, 0) is 53.0 Å². The molecule has 2 fully saturated rings. The molecule has 16 heteroatoms. The van der Waals surface area contributed by atoms with Crippen LogP contribution in [0.15, 0.2) is 48.7 Å². The van der Waals surface area contributed by atoms with Crippen LogP contribution in [0.2, 0.25) is 0 Å². The fraction of sp³-hybridized carbons (Fsp3) is 0.519. The number of methoxy groups -OCH3 is 1. The lowest BCUT2D eigenvalue weighted by molar-refractivity contribution is -0.156. The maximum Gasteiger partial charge on any atom is 0.324 e. The summed E-state index contributed by atoms with van der Waals surface area (Å²) in [4.78, 5) is 80.4. The number of aromatic hydroxyl groups is 1. The number of pyridine rings is 1. The highest BCUT2D eigenvalue weighted by atomic mass is 16.5. The van der Waals surface area contributed by atoms with Crippen molar-refractivity contribution in [3.05, 3.63) is 71.0 Å². The van der Waals surface area contributed by atoms with Gasteiger partial charge in [0.15, 0.2) is 0 Å². The molecular formula is C54H68N8O8. The summed E-state index contributed by atoms with van der Waals surface area (Å²) in [5.41, 5.74) is 10.5. The van der Waals surface area contributed by atoms with Gasteiger partial charge in [0.25, 0.3) is 11.8 Å². The average molecular weight is 957 g/mol. The second kappa shape index (κ2) is 20.2. The van der Waals surface area contributed by atoms with Crippen molar-refractivity contribution < 1.29 is 38.6 Å². The number of fused-ring (bicyclic) bond motifs is 8. The summed E-state index contributed by atoms with van der Waals surface area (Å²) in [6.07, 6.45) is 2.75. The van der Waals surface area contributed by atoms with Crippen molar-refractivity contribution >= 4 is 40.5 Å². The summed E-state index contributed by atoms with van der Waals surface area (Å²) >= 11 is 0. The molecule has 0 radical (unpaired) electrons. The van der Waals surface area contributed by atoms with E-state index >= 15 is 0 Å². The highest BCUT2D eigenvalue weighted by Crippen LogP contribution is 2.57. The Bertz CT molecular complexity index is 2770. The molecule has 4 amide bonds. The van der Waals surface area contributed by atoms with Crippen LogP contribution in [0.3, 0.4) is 0 Å². The predicted molar refractivity (Wildman–Crippen MR) is 266 cm³/mol. The second-order valence-corrected chi connectivity index (χ2v) is 20.7. The first-order valence-corrected chi connectivity index (χ1v) is 24.5. The van der Waals surface area contributed by atoms with Gasteiger partial charge in [0.05, 0.1) is 23.9 Å². The summed E-state index contributed by atoms with van der Waals surface area (Å²) in [5, 5.41) is 16.8. The molecule has 2 unspecified atom stereocenters. The van der Waals surface area contributed by atoms with Crippen molar-refractivity contribution in [2.24, 2.45) is 17.3 Å². The molecule has 5 heterocycles. The number of aryl methyl sites for hydroxylation is 1. The SMILES string of the molecule is CC#CC(=O)N1CC[C@H](C(=O)N(C)[C@H](C(=O)NC2Cc3cc(O)cc(c3)-c3ccc4c(c3)c3c(n4CC)-c4cc(CN(C)C)cnc4[C@@H](OC)C3C(C)(C)COC(=O)[C@@H]3CCCN(N3)C2=O)C(C)C)C1. The van der Waals surface area contributed by atoms with E-state index in [1.165, 1.54) is 9.91 Å². The Kier molecular flexibility index (Phi) is 14.5. The van der Waals surface area contributed by atoms with Gasteiger partial charge >= 0.3 is 5.97 Å². The van der Waals surface area contributed by atoms with E-state index in [4.69, 9.17) is 14.5 Å². The molecule has 6 bridgehead atoms. The van der Waals surface area contributed by atoms with Crippen LogP contribution in [0.1, 0.15) is 95.2 Å². The van der Waals surface area contributed by atoms with Gasteiger partial charge in [-0.1, -0.05) is 45.7 Å². The Morgan fingerprint density at radius 1 is 1.06 bits per heavy atom. The van der Waals surface area contributed by atoms with Crippen molar-refractivity contribution in [1.82, 2.24) is 40.0 Å². The molecule has 70 heavy (non-hydrogen) atoms. The van der Waals surface area contributed by atoms with Crippen LogP contribution in [0, 0.1) is 29.1 Å². The number of phenols is 1. The number of likely N-dealkylation sites (N-methyl/N-ethyl adjacent to an activating group) is 1. The molecule has 2 aromatic heterocycles. The molecule has 6 atom stereocenters. The van der Waals surface area contributed by atoms with Gasteiger partial charge in [-0.05, 0) is 117 Å². The first-order valence-electron chi connectivity index (χ1n) is 24.5. The van der Waals surface area contributed by atoms with E-state index in [0.717, 1.165) is 44.5 Å². The number of carbonyl (C=O) groups is 5. The molecule has 1 aliphatic carbocycles. The van der Waals surface area contributed by atoms with Gasteiger partial charge in [0.1, 0.15) is 30.0 Å². The summed E-state index contributed by atoms with van der Waals surface area (Å²) < 4.78 is 15.1. The zero-order chi connectivity index (χ0) is 50.3. The maximum atomic E-state index is 14.9. The molecule has 3 aliphatic heterocycles. The van der Waals surface area contributed by atoms with Crippen LogP contribution in [-0.4, -0.2) is 137 Å². The molecular weight excluding hydrogens is 889 g/mol. The summed E-state index contributed by atoms with van der Waals surface area (Å²) in [6.45, 7) is 13.8. The van der Waals surface area contributed by atoms with Crippen molar-refractivity contribution in [3.63, 3.8) is 0 Å². The Balaban J connectivity index is 1.22. The monoisotopic (exact) mass is 957 g/mol. The number of hydrazine groups is 1. The van der Waals surface area contributed by atoms with Crippen LogP contribution in [0.5, 0.6) is 5.75 Å². The number of ether oxygens (including phenoxy) is 2. The van der Waals surface area contributed by atoms with Gasteiger partial charge in [-0.15, -0.1) is 0 Å². The van der Waals surface area contributed by atoms with E-state index in [-0.39, 0.29) is 55.5 Å². The Morgan fingerprint density at radius 3 is 2.53 bits per heavy atom. The predicted octanol–water partition coefficient (Wildman–Crippen LogP) is 5.40. The number of esters is 1. The molecule has 4 aromatic rings. The van der Waals surface area contributed by atoms with E-state index in [1.807, 2.05) is 46.3 Å². The molecule has 8 rings (SSSR count). The highest BCUT2D eigenvalue weighted by molar-refractivity contribution is 5.98. The molecule has 0 spiro atoms. The minimum absolute atomic E-state index is 0.0159. The molecule has 16 nitrogen and oxygen atoms in total. The molecule has 0 saturated carbocycles. The minimum atomic E-state index is -1.18. The average Bonchev–Trinajstić information content (AvgIpc) is 3.95. The topological polar surface area (TPSA) is 179 Å². The number of amides is 4. The van der Waals surface area contributed by atoms with Crippen LogP contribution in [0.4, 0.5) is 0 Å². The number of cyclic esters (lactones) is 1. The van der Waals surface area contributed by atoms with Crippen LogP contribution < -0.4 is 10.7 Å². The molecule has 2 aromatic carbocycles. The number of nitrogens with zero attached hydrogens (tertiary/aromatic N) is 6. The maximum absolute atomic E-state index is 14.9. The van der Waals surface area contributed by atoms with Gasteiger partial charge < -0.3 is 39.2 Å². The number of rotatable bonds is 9. The fourth-order valence-electron chi connectivity index (χ4n) is 11.3. The third-order valence-corrected chi connectivity index (χ3v) is 14.5. The van der Waals surface area contributed by atoms with E-state index < -0.39 is 53.3 Å². The number of nitrogens with one attached hydrogen (secondary N) is 2. The first-order chi connectivity index (χ1) is 33.3. The van der Waals surface area contributed by atoms with E-state index in [9.17, 15) is 29.1 Å². The van der Waals surface area contributed by atoms with Crippen molar-refractivity contribution in [1.29, 1.82) is 0 Å². The van der Waals surface area contributed by atoms with Crippen molar-refractivity contribution in [2.75, 3.05) is 54.5 Å². The Labute approximate surface area is 411 Å². The van der Waals surface area contributed by atoms with Crippen molar-refractivity contribution in [2.45, 2.75) is 110 Å².